The fourth-order valence-corrected chi connectivity index (χ4v) is 5.07. The molecule has 7 nitrogen and oxygen atoms in total. The Kier molecular flexibility index (Phi) is 7.78. The van der Waals surface area contributed by atoms with Crippen LogP contribution in [0.2, 0.25) is 0 Å². The molecule has 3 aromatic carbocycles. The average molecular weight is 485 g/mol. The van der Waals surface area contributed by atoms with Crippen LogP contribution >= 0.6 is 11.8 Å². The molecule has 33 heavy (non-hydrogen) atoms. The monoisotopic (exact) mass is 484 g/mol. The summed E-state index contributed by atoms with van der Waals surface area (Å²) in [6.07, 6.45) is 1.93. The van der Waals surface area contributed by atoms with Crippen molar-refractivity contribution in [3.05, 3.63) is 83.9 Å². The molecule has 0 aliphatic heterocycles. The Balaban J connectivity index is 1.79. The number of thioether (sulfide) groups is 1. The number of esters is 1. The van der Waals surface area contributed by atoms with E-state index in [1.807, 2.05) is 6.26 Å². The van der Waals surface area contributed by atoms with Crippen molar-refractivity contribution in [3.8, 4) is 0 Å². The molecule has 0 saturated carbocycles. The molecule has 0 atom stereocenters. The Hall–Kier alpha value is -3.30. The SMILES string of the molecule is CCN(c1ccc(C(=O)Nc2cccc(C(=O)OC)c2)cc1)S(=O)(=O)c1ccc(SC)cc1. The van der Waals surface area contributed by atoms with Gasteiger partial charge in [0.15, 0.2) is 0 Å². The van der Waals surface area contributed by atoms with Crippen molar-refractivity contribution in [1.29, 1.82) is 0 Å². The number of rotatable bonds is 8. The minimum atomic E-state index is -3.75. The first-order chi connectivity index (χ1) is 15.8. The molecule has 0 bridgehead atoms. The highest BCUT2D eigenvalue weighted by molar-refractivity contribution is 7.98. The maximum absolute atomic E-state index is 13.1. The fraction of sp³-hybridized carbons (Fsp3) is 0.167. The Morgan fingerprint density at radius 1 is 0.970 bits per heavy atom. The highest BCUT2D eigenvalue weighted by Crippen LogP contribution is 2.26. The highest BCUT2D eigenvalue weighted by atomic mass is 32.2. The van der Waals surface area contributed by atoms with Gasteiger partial charge in [0.25, 0.3) is 15.9 Å². The Bertz CT molecular complexity index is 1240. The predicted octanol–water partition coefficient (Wildman–Crippen LogP) is 4.66. The van der Waals surface area contributed by atoms with E-state index in [0.29, 0.717) is 22.5 Å². The molecule has 3 aromatic rings. The van der Waals surface area contributed by atoms with Crippen LogP contribution in [0.15, 0.2) is 82.6 Å². The van der Waals surface area contributed by atoms with E-state index < -0.39 is 16.0 Å². The normalized spacial score (nSPS) is 11.0. The predicted molar refractivity (Wildman–Crippen MR) is 131 cm³/mol. The van der Waals surface area contributed by atoms with Gasteiger partial charge in [-0.25, -0.2) is 13.2 Å². The van der Waals surface area contributed by atoms with Crippen molar-refractivity contribution in [2.45, 2.75) is 16.7 Å². The van der Waals surface area contributed by atoms with Crippen LogP contribution < -0.4 is 9.62 Å². The van der Waals surface area contributed by atoms with Crippen molar-refractivity contribution < 1.29 is 22.7 Å². The zero-order valence-electron chi connectivity index (χ0n) is 18.4. The maximum Gasteiger partial charge on any atom is 0.337 e. The van der Waals surface area contributed by atoms with Crippen LogP contribution in [0.1, 0.15) is 27.6 Å². The van der Waals surface area contributed by atoms with Gasteiger partial charge >= 0.3 is 5.97 Å². The molecule has 0 aliphatic carbocycles. The second-order valence-corrected chi connectivity index (χ2v) is 9.66. The Morgan fingerprint density at radius 3 is 2.21 bits per heavy atom. The molecule has 0 aliphatic rings. The number of carbonyl (C=O) groups excluding carboxylic acids is 2. The second kappa shape index (κ2) is 10.5. The van der Waals surface area contributed by atoms with E-state index in [1.165, 1.54) is 29.2 Å². The van der Waals surface area contributed by atoms with Gasteiger partial charge in [-0.05, 0) is 79.9 Å². The number of ether oxygens (including phenoxy) is 1. The summed E-state index contributed by atoms with van der Waals surface area (Å²) in [7, 11) is -2.46. The lowest BCUT2D eigenvalue weighted by atomic mass is 10.1. The van der Waals surface area contributed by atoms with Crippen molar-refractivity contribution in [2.75, 3.05) is 29.5 Å². The van der Waals surface area contributed by atoms with Crippen LogP contribution in [0.4, 0.5) is 11.4 Å². The molecule has 1 N–H and O–H groups in total. The van der Waals surface area contributed by atoms with Crippen LogP contribution in [0.25, 0.3) is 0 Å². The summed E-state index contributed by atoms with van der Waals surface area (Å²) in [6, 6.07) is 19.4. The van der Waals surface area contributed by atoms with Crippen molar-refractivity contribution in [2.24, 2.45) is 0 Å². The number of sulfonamides is 1. The van der Waals surface area contributed by atoms with E-state index in [0.717, 1.165) is 4.90 Å². The highest BCUT2D eigenvalue weighted by Gasteiger charge is 2.23. The number of carbonyl (C=O) groups is 2. The first-order valence-corrected chi connectivity index (χ1v) is 12.7. The van der Waals surface area contributed by atoms with Gasteiger partial charge in [-0.3, -0.25) is 9.10 Å². The summed E-state index contributed by atoms with van der Waals surface area (Å²) in [5.41, 5.74) is 1.56. The largest absolute Gasteiger partial charge is 0.465 e. The number of hydrogen-bond donors (Lipinski definition) is 1. The van der Waals surface area contributed by atoms with Crippen molar-refractivity contribution >= 4 is 45.0 Å². The van der Waals surface area contributed by atoms with Crippen molar-refractivity contribution in [3.63, 3.8) is 0 Å². The zero-order valence-corrected chi connectivity index (χ0v) is 20.1. The molecular formula is C24H24N2O5S2. The summed E-state index contributed by atoms with van der Waals surface area (Å²) < 4.78 is 32.3. The molecule has 0 unspecified atom stereocenters. The fourth-order valence-electron chi connectivity index (χ4n) is 3.19. The molecule has 1 amide bonds. The van der Waals surface area contributed by atoms with Gasteiger partial charge in [-0.2, -0.15) is 0 Å². The number of benzene rings is 3. The minimum absolute atomic E-state index is 0.203. The minimum Gasteiger partial charge on any atom is -0.465 e. The Morgan fingerprint density at radius 2 is 1.64 bits per heavy atom. The van der Waals surface area contributed by atoms with E-state index in [-0.39, 0.29) is 17.3 Å². The van der Waals surface area contributed by atoms with E-state index in [9.17, 15) is 18.0 Å². The second-order valence-electron chi connectivity index (χ2n) is 6.92. The summed E-state index contributed by atoms with van der Waals surface area (Å²) in [6.45, 7) is 1.99. The number of nitrogens with zero attached hydrogens (tertiary/aromatic N) is 1. The molecule has 3 rings (SSSR count). The molecule has 0 aromatic heterocycles. The number of hydrogen-bond acceptors (Lipinski definition) is 6. The van der Waals surface area contributed by atoms with Gasteiger partial charge in [0.2, 0.25) is 0 Å². The standard InChI is InChI=1S/C24H24N2O5S2/c1-4-26(33(29,30)22-14-12-21(32-3)13-15-22)20-10-8-17(9-11-20)23(27)25-19-7-5-6-18(16-19)24(28)31-2/h5-16H,4H2,1-3H3,(H,25,27). The molecule has 0 fully saturated rings. The smallest absolute Gasteiger partial charge is 0.337 e. The van der Waals surface area contributed by atoms with Gasteiger partial charge in [0.05, 0.1) is 23.3 Å². The zero-order chi connectivity index (χ0) is 24.0. The van der Waals surface area contributed by atoms with E-state index in [2.05, 4.69) is 5.32 Å². The first-order valence-electron chi connectivity index (χ1n) is 10.1. The van der Waals surface area contributed by atoms with E-state index in [1.54, 1.807) is 73.7 Å². The summed E-state index contributed by atoms with van der Waals surface area (Å²) in [5, 5.41) is 2.73. The number of methoxy groups -OCH3 is 1. The lowest BCUT2D eigenvalue weighted by Gasteiger charge is -2.23. The van der Waals surface area contributed by atoms with E-state index in [4.69, 9.17) is 4.74 Å². The third kappa shape index (κ3) is 5.55. The molecule has 0 radical (unpaired) electrons. The molecule has 9 heteroatoms. The summed E-state index contributed by atoms with van der Waals surface area (Å²) >= 11 is 1.54. The molecular weight excluding hydrogens is 460 g/mol. The number of nitrogens with one attached hydrogen (secondary N) is 1. The third-order valence-electron chi connectivity index (χ3n) is 4.89. The lowest BCUT2D eigenvalue weighted by molar-refractivity contribution is 0.0600. The van der Waals surface area contributed by atoms with Crippen LogP contribution in [-0.4, -0.2) is 40.2 Å². The lowest BCUT2D eigenvalue weighted by Crippen LogP contribution is -2.30. The van der Waals surface area contributed by atoms with Gasteiger partial charge in [-0.15, -0.1) is 11.8 Å². The van der Waals surface area contributed by atoms with Crippen LogP contribution in [0.3, 0.4) is 0 Å². The Labute approximate surface area is 197 Å². The maximum atomic E-state index is 13.1. The molecule has 172 valence electrons. The third-order valence-corrected chi connectivity index (χ3v) is 7.55. The topological polar surface area (TPSA) is 92.8 Å². The van der Waals surface area contributed by atoms with Gasteiger partial charge in [0, 0.05) is 22.7 Å². The van der Waals surface area contributed by atoms with Gasteiger partial charge in [0.1, 0.15) is 0 Å². The van der Waals surface area contributed by atoms with Crippen LogP contribution in [0.5, 0.6) is 0 Å². The van der Waals surface area contributed by atoms with Gasteiger partial charge in [-0.1, -0.05) is 6.07 Å². The molecule has 0 spiro atoms. The van der Waals surface area contributed by atoms with E-state index >= 15 is 0 Å². The average Bonchev–Trinajstić information content (AvgIpc) is 2.84. The summed E-state index contributed by atoms with van der Waals surface area (Å²) in [4.78, 5) is 25.5. The molecule has 0 saturated heterocycles. The number of anilines is 2. The van der Waals surface area contributed by atoms with Crippen LogP contribution in [-0.2, 0) is 14.8 Å². The summed E-state index contributed by atoms with van der Waals surface area (Å²) in [5.74, 6) is -0.887. The first kappa shape index (κ1) is 24.3. The molecule has 0 heterocycles. The van der Waals surface area contributed by atoms with Gasteiger partial charge < -0.3 is 10.1 Å². The van der Waals surface area contributed by atoms with Crippen molar-refractivity contribution in [1.82, 2.24) is 0 Å². The quantitative estimate of drug-likeness (QED) is 0.369. The number of amides is 1. The van der Waals surface area contributed by atoms with Crippen LogP contribution in [0, 0.1) is 0 Å².